The van der Waals surface area contributed by atoms with Gasteiger partial charge in [0.15, 0.2) is 0 Å². The van der Waals surface area contributed by atoms with Crippen LogP contribution in [-0.4, -0.2) is 18.0 Å². The van der Waals surface area contributed by atoms with E-state index in [-0.39, 0.29) is 34.8 Å². The van der Waals surface area contributed by atoms with Gasteiger partial charge in [-0.15, -0.1) is 0 Å². The van der Waals surface area contributed by atoms with Crippen LogP contribution in [0.2, 0.25) is 0 Å². The van der Waals surface area contributed by atoms with Gasteiger partial charge in [0.05, 0.1) is 0 Å². The average Bonchev–Trinajstić information content (AvgIpc) is 2.52. The molecule has 1 saturated carbocycles. The van der Waals surface area contributed by atoms with Crippen molar-refractivity contribution in [3.05, 3.63) is 28.8 Å². The van der Waals surface area contributed by atoms with Crippen molar-refractivity contribution < 1.29 is 19.1 Å². The number of aryl methyl sites for hydroxylation is 1. The highest BCUT2D eigenvalue weighted by molar-refractivity contribution is 5.70. The summed E-state index contributed by atoms with van der Waals surface area (Å²) in [5.41, 5.74) is 3.65. The summed E-state index contributed by atoms with van der Waals surface area (Å²) in [6.07, 6.45) is 3.80. The third-order valence-corrected chi connectivity index (χ3v) is 6.88. The molecule has 0 radical (unpaired) electrons. The van der Waals surface area contributed by atoms with Gasteiger partial charge in [-0.25, -0.2) is 0 Å². The quantitative estimate of drug-likeness (QED) is 0.522. The van der Waals surface area contributed by atoms with Crippen LogP contribution in [0.3, 0.4) is 0 Å². The van der Waals surface area contributed by atoms with Gasteiger partial charge < -0.3 is 9.47 Å². The molecule has 2 aliphatic carbocycles. The molecule has 0 heterocycles. The maximum Gasteiger partial charge on any atom is 0.308 e. The molecular formula is C24H34O4. The van der Waals surface area contributed by atoms with E-state index in [4.69, 9.17) is 9.47 Å². The first-order chi connectivity index (χ1) is 12.9. The maximum atomic E-state index is 11.7. The molecule has 0 aliphatic heterocycles. The van der Waals surface area contributed by atoms with Gasteiger partial charge in [-0.2, -0.15) is 0 Å². The molecule has 2 aliphatic rings. The fraction of sp³-hybridized carbons (Fsp3) is 0.667. The maximum absolute atomic E-state index is 11.7. The van der Waals surface area contributed by atoms with E-state index in [0.29, 0.717) is 11.7 Å². The summed E-state index contributed by atoms with van der Waals surface area (Å²) >= 11 is 0. The van der Waals surface area contributed by atoms with Gasteiger partial charge in [-0.3, -0.25) is 9.59 Å². The molecule has 0 saturated heterocycles. The number of carbonyl (C=O) groups excluding carboxylic acids is 2. The molecule has 3 atom stereocenters. The minimum atomic E-state index is -0.291. The molecule has 4 heteroatoms. The zero-order valence-electron chi connectivity index (χ0n) is 18.3. The first-order valence-electron chi connectivity index (χ1n) is 10.5. The second-order valence-corrected chi connectivity index (χ2v) is 9.93. The van der Waals surface area contributed by atoms with Crippen LogP contribution in [0, 0.1) is 11.3 Å². The van der Waals surface area contributed by atoms with Gasteiger partial charge in [0.2, 0.25) is 0 Å². The van der Waals surface area contributed by atoms with Gasteiger partial charge in [0, 0.05) is 13.8 Å². The Kier molecular flexibility index (Phi) is 5.37. The molecule has 1 aromatic carbocycles. The zero-order chi connectivity index (χ0) is 20.9. The summed E-state index contributed by atoms with van der Waals surface area (Å²) in [5.74, 6) is 0.947. The van der Waals surface area contributed by atoms with E-state index in [1.807, 2.05) is 0 Å². The summed E-state index contributed by atoms with van der Waals surface area (Å²) in [6.45, 7) is 14.1. The van der Waals surface area contributed by atoms with Gasteiger partial charge in [-0.05, 0) is 71.1 Å². The molecule has 3 rings (SSSR count). The Hall–Kier alpha value is -1.84. The molecule has 1 fully saturated rings. The normalized spacial score (nSPS) is 28.3. The number of ether oxygens (including phenoxy) is 2. The molecule has 0 unspecified atom stereocenters. The van der Waals surface area contributed by atoms with E-state index in [9.17, 15) is 9.59 Å². The predicted octanol–water partition coefficient (Wildman–Crippen LogP) is 5.31. The standard InChI is InChI=1S/C24H34O4/c1-14(2)19-10-17-8-9-22-23(5,6)12-18(27-15(3)25)13-24(22,7)20(17)11-21(19)28-16(4)26/h10-11,14,18,22H,8-9,12-13H2,1-7H3/t18-,22-,24+/m0/s1. The Labute approximate surface area is 169 Å². The number of rotatable bonds is 3. The Morgan fingerprint density at radius 1 is 1.07 bits per heavy atom. The lowest BCUT2D eigenvalue weighted by Gasteiger charge is -2.56. The lowest BCUT2D eigenvalue weighted by molar-refractivity contribution is -0.154. The third kappa shape index (κ3) is 3.70. The Balaban J connectivity index is 2.12. The fourth-order valence-corrected chi connectivity index (χ4v) is 5.98. The van der Waals surface area contributed by atoms with Gasteiger partial charge in [-0.1, -0.05) is 40.7 Å². The molecular weight excluding hydrogens is 352 g/mol. The average molecular weight is 387 g/mol. The number of benzene rings is 1. The highest BCUT2D eigenvalue weighted by Crippen LogP contribution is 2.58. The van der Waals surface area contributed by atoms with Crippen LogP contribution in [0.25, 0.3) is 0 Å². The first kappa shape index (κ1) is 20.9. The molecule has 0 bridgehead atoms. The summed E-state index contributed by atoms with van der Waals surface area (Å²) in [7, 11) is 0. The molecule has 0 N–H and O–H groups in total. The lowest BCUT2D eigenvalue weighted by atomic mass is 9.49. The Morgan fingerprint density at radius 3 is 2.32 bits per heavy atom. The van der Waals surface area contributed by atoms with Crippen molar-refractivity contribution in [2.75, 3.05) is 0 Å². The summed E-state index contributed by atoms with van der Waals surface area (Å²) in [5, 5.41) is 0. The van der Waals surface area contributed by atoms with Crippen LogP contribution >= 0.6 is 0 Å². The van der Waals surface area contributed by atoms with E-state index in [2.05, 4.69) is 46.8 Å². The SMILES string of the molecule is CC(=O)Oc1cc2c(cc1C(C)C)CC[C@H]1C(C)(C)C[C@H](OC(C)=O)C[C@]21C. The Morgan fingerprint density at radius 2 is 1.75 bits per heavy atom. The minimum absolute atomic E-state index is 0.0725. The van der Waals surface area contributed by atoms with Crippen LogP contribution < -0.4 is 4.74 Å². The van der Waals surface area contributed by atoms with Crippen LogP contribution in [0.4, 0.5) is 0 Å². The minimum Gasteiger partial charge on any atom is -0.463 e. The summed E-state index contributed by atoms with van der Waals surface area (Å²) in [6, 6.07) is 4.34. The second kappa shape index (κ2) is 7.20. The second-order valence-electron chi connectivity index (χ2n) is 9.93. The van der Waals surface area contributed by atoms with Crippen molar-refractivity contribution in [3.63, 3.8) is 0 Å². The smallest absolute Gasteiger partial charge is 0.308 e. The van der Waals surface area contributed by atoms with E-state index >= 15 is 0 Å². The van der Waals surface area contributed by atoms with Crippen molar-refractivity contribution in [2.45, 2.75) is 91.6 Å². The molecule has 0 aromatic heterocycles. The van der Waals surface area contributed by atoms with Crippen LogP contribution in [0.5, 0.6) is 5.75 Å². The zero-order valence-corrected chi connectivity index (χ0v) is 18.3. The van der Waals surface area contributed by atoms with Crippen molar-refractivity contribution in [2.24, 2.45) is 11.3 Å². The number of hydrogen-bond acceptors (Lipinski definition) is 4. The lowest BCUT2D eigenvalue weighted by Crippen LogP contribution is -2.52. The van der Waals surface area contributed by atoms with Crippen molar-refractivity contribution >= 4 is 11.9 Å². The topological polar surface area (TPSA) is 52.6 Å². The number of hydrogen-bond donors (Lipinski definition) is 0. The van der Waals surface area contributed by atoms with E-state index in [0.717, 1.165) is 31.2 Å². The molecule has 4 nitrogen and oxygen atoms in total. The fourth-order valence-electron chi connectivity index (χ4n) is 5.98. The predicted molar refractivity (Wildman–Crippen MR) is 110 cm³/mol. The van der Waals surface area contributed by atoms with Crippen molar-refractivity contribution in [3.8, 4) is 5.75 Å². The monoisotopic (exact) mass is 386 g/mol. The number of esters is 2. The van der Waals surface area contributed by atoms with E-state index < -0.39 is 0 Å². The third-order valence-electron chi connectivity index (χ3n) is 6.88. The Bertz CT molecular complexity index is 792. The highest BCUT2D eigenvalue weighted by atomic mass is 16.5. The van der Waals surface area contributed by atoms with E-state index in [1.165, 1.54) is 25.0 Å². The highest BCUT2D eigenvalue weighted by Gasteiger charge is 2.53. The first-order valence-corrected chi connectivity index (χ1v) is 10.5. The molecule has 28 heavy (non-hydrogen) atoms. The number of fused-ring (bicyclic) bond motifs is 3. The van der Waals surface area contributed by atoms with Crippen LogP contribution in [0.15, 0.2) is 12.1 Å². The number of carbonyl (C=O) groups is 2. The van der Waals surface area contributed by atoms with Crippen LogP contribution in [-0.2, 0) is 26.2 Å². The van der Waals surface area contributed by atoms with Gasteiger partial charge in [0.1, 0.15) is 11.9 Å². The van der Waals surface area contributed by atoms with Crippen LogP contribution in [0.1, 0.15) is 90.3 Å². The van der Waals surface area contributed by atoms with Gasteiger partial charge >= 0.3 is 11.9 Å². The van der Waals surface area contributed by atoms with Gasteiger partial charge in [0.25, 0.3) is 0 Å². The van der Waals surface area contributed by atoms with E-state index in [1.54, 1.807) is 0 Å². The summed E-state index contributed by atoms with van der Waals surface area (Å²) < 4.78 is 11.3. The molecule has 1 aromatic rings. The summed E-state index contributed by atoms with van der Waals surface area (Å²) in [4.78, 5) is 23.4. The van der Waals surface area contributed by atoms with Crippen molar-refractivity contribution in [1.82, 2.24) is 0 Å². The molecule has 154 valence electrons. The largest absolute Gasteiger partial charge is 0.463 e. The molecule has 0 amide bonds. The van der Waals surface area contributed by atoms with Crippen molar-refractivity contribution in [1.29, 1.82) is 0 Å². The molecule has 0 spiro atoms.